The van der Waals surface area contributed by atoms with Crippen LogP contribution in [-0.2, 0) is 6.42 Å². The normalized spacial score (nSPS) is 12.2. The third-order valence-corrected chi connectivity index (χ3v) is 4.09. The molecule has 0 radical (unpaired) electrons. The van der Waals surface area contributed by atoms with Crippen LogP contribution in [0.3, 0.4) is 0 Å². The molecule has 0 aliphatic carbocycles. The van der Waals surface area contributed by atoms with Gasteiger partial charge in [0, 0.05) is 16.5 Å². The van der Waals surface area contributed by atoms with E-state index in [0.29, 0.717) is 21.9 Å². The number of ether oxygens (including phenoxy) is 1. The van der Waals surface area contributed by atoms with Gasteiger partial charge in [-0.2, -0.15) is 0 Å². The Kier molecular flexibility index (Phi) is 5.02. The monoisotopic (exact) mass is 358 g/mol. The molecular weight excluding hydrogens is 347 g/mol. The van der Waals surface area contributed by atoms with Crippen molar-refractivity contribution in [2.45, 2.75) is 12.5 Å². The Morgan fingerprint density at radius 2 is 2.10 bits per heavy atom. The topological polar surface area (TPSA) is 29.5 Å². The van der Waals surface area contributed by atoms with E-state index in [2.05, 4.69) is 15.9 Å². The summed E-state index contributed by atoms with van der Waals surface area (Å²) >= 11 is 9.46. The summed E-state index contributed by atoms with van der Waals surface area (Å²) in [6, 6.07) is 9.51. The number of rotatable bonds is 4. The van der Waals surface area contributed by atoms with Gasteiger partial charge in [-0.15, -0.1) is 0 Å². The predicted molar refractivity (Wildman–Crippen MR) is 80.8 cm³/mol. The van der Waals surface area contributed by atoms with Crippen LogP contribution >= 0.6 is 27.5 Å². The average Bonchev–Trinajstić information content (AvgIpc) is 2.42. The van der Waals surface area contributed by atoms with E-state index in [1.807, 2.05) is 0 Å². The van der Waals surface area contributed by atoms with Gasteiger partial charge < -0.3 is 9.84 Å². The second kappa shape index (κ2) is 6.57. The van der Waals surface area contributed by atoms with Crippen LogP contribution < -0.4 is 4.74 Å². The summed E-state index contributed by atoms with van der Waals surface area (Å²) in [4.78, 5) is 0. The molecule has 0 heterocycles. The van der Waals surface area contributed by atoms with Gasteiger partial charge in [-0.1, -0.05) is 33.6 Å². The highest BCUT2D eigenvalue weighted by Crippen LogP contribution is 2.34. The molecule has 1 N–H and O–H groups in total. The van der Waals surface area contributed by atoms with Crippen molar-refractivity contribution in [3.8, 4) is 5.75 Å². The minimum Gasteiger partial charge on any atom is -0.496 e. The summed E-state index contributed by atoms with van der Waals surface area (Å²) in [5.74, 6) is 0.166. The maximum absolute atomic E-state index is 13.3. The Morgan fingerprint density at radius 1 is 1.35 bits per heavy atom. The molecule has 0 spiro atoms. The fourth-order valence-electron chi connectivity index (χ4n) is 2.03. The lowest BCUT2D eigenvalue weighted by molar-refractivity contribution is 0.174. The van der Waals surface area contributed by atoms with Crippen molar-refractivity contribution in [1.29, 1.82) is 0 Å². The van der Waals surface area contributed by atoms with Crippen molar-refractivity contribution in [3.05, 3.63) is 62.8 Å². The fraction of sp³-hybridized carbons (Fsp3) is 0.200. The largest absolute Gasteiger partial charge is 0.496 e. The summed E-state index contributed by atoms with van der Waals surface area (Å²) in [7, 11) is 1.51. The van der Waals surface area contributed by atoms with E-state index in [4.69, 9.17) is 16.3 Å². The molecule has 2 aromatic carbocycles. The SMILES string of the molecule is COc1cccc(Cl)c1C(O)Cc1cc(F)ccc1Br. The smallest absolute Gasteiger partial charge is 0.126 e. The molecule has 0 aliphatic rings. The molecule has 0 amide bonds. The molecule has 1 atom stereocenters. The maximum Gasteiger partial charge on any atom is 0.126 e. The first kappa shape index (κ1) is 15.3. The molecule has 0 bridgehead atoms. The molecule has 2 rings (SSSR count). The minimum atomic E-state index is -0.878. The van der Waals surface area contributed by atoms with Gasteiger partial charge in [0.25, 0.3) is 0 Å². The van der Waals surface area contributed by atoms with Crippen LogP contribution in [0.15, 0.2) is 40.9 Å². The molecule has 106 valence electrons. The first-order valence-corrected chi connectivity index (χ1v) is 7.14. The van der Waals surface area contributed by atoms with Crippen LogP contribution in [0, 0.1) is 5.82 Å². The van der Waals surface area contributed by atoms with Gasteiger partial charge >= 0.3 is 0 Å². The van der Waals surface area contributed by atoms with E-state index >= 15 is 0 Å². The molecule has 0 aliphatic heterocycles. The standard InChI is InChI=1S/C15H13BrClFO2/c1-20-14-4-2-3-12(17)15(14)13(19)8-9-7-10(18)5-6-11(9)16/h2-7,13,19H,8H2,1H3. The zero-order valence-corrected chi connectivity index (χ0v) is 13.1. The predicted octanol–water partition coefficient (Wildman–Crippen LogP) is 4.53. The highest BCUT2D eigenvalue weighted by molar-refractivity contribution is 9.10. The molecule has 0 saturated heterocycles. The molecule has 20 heavy (non-hydrogen) atoms. The first-order valence-electron chi connectivity index (χ1n) is 5.97. The van der Waals surface area contributed by atoms with Gasteiger partial charge in [-0.05, 0) is 35.9 Å². The number of hydrogen-bond donors (Lipinski definition) is 1. The fourth-order valence-corrected chi connectivity index (χ4v) is 2.73. The third-order valence-electron chi connectivity index (χ3n) is 2.99. The van der Waals surface area contributed by atoms with Gasteiger partial charge in [-0.25, -0.2) is 4.39 Å². The van der Waals surface area contributed by atoms with Crippen LogP contribution in [0.25, 0.3) is 0 Å². The first-order chi connectivity index (χ1) is 9.52. The van der Waals surface area contributed by atoms with E-state index in [1.165, 1.54) is 19.2 Å². The molecule has 2 aromatic rings. The summed E-state index contributed by atoms with van der Waals surface area (Å²) in [5, 5.41) is 10.8. The van der Waals surface area contributed by atoms with E-state index in [1.54, 1.807) is 24.3 Å². The number of methoxy groups -OCH3 is 1. The van der Waals surface area contributed by atoms with Crippen molar-refractivity contribution in [2.75, 3.05) is 7.11 Å². The summed E-state index contributed by atoms with van der Waals surface area (Å²) < 4.78 is 19.2. The van der Waals surface area contributed by atoms with Gasteiger partial charge in [0.15, 0.2) is 0 Å². The Balaban J connectivity index is 2.33. The van der Waals surface area contributed by atoms with Gasteiger partial charge in [0.1, 0.15) is 11.6 Å². The van der Waals surface area contributed by atoms with Crippen molar-refractivity contribution < 1.29 is 14.2 Å². The molecule has 0 saturated carbocycles. The Morgan fingerprint density at radius 3 is 2.80 bits per heavy atom. The molecule has 2 nitrogen and oxygen atoms in total. The van der Waals surface area contributed by atoms with Crippen molar-refractivity contribution in [2.24, 2.45) is 0 Å². The van der Waals surface area contributed by atoms with Crippen molar-refractivity contribution in [1.82, 2.24) is 0 Å². The van der Waals surface area contributed by atoms with Crippen molar-refractivity contribution >= 4 is 27.5 Å². The van der Waals surface area contributed by atoms with E-state index < -0.39 is 6.10 Å². The highest BCUT2D eigenvalue weighted by atomic mass is 79.9. The number of hydrogen-bond acceptors (Lipinski definition) is 2. The number of aliphatic hydroxyl groups excluding tert-OH is 1. The molecule has 0 aromatic heterocycles. The van der Waals surface area contributed by atoms with Crippen LogP contribution in [0.1, 0.15) is 17.2 Å². The second-order valence-electron chi connectivity index (χ2n) is 4.31. The quantitative estimate of drug-likeness (QED) is 0.869. The molecular formula is C15H13BrClFO2. The highest BCUT2D eigenvalue weighted by Gasteiger charge is 2.18. The zero-order chi connectivity index (χ0) is 14.7. The van der Waals surface area contributed by atoms with Crippen LogP contribution in [-0.4, -0.2) is 12.2 Å². The van der Waals surface area contributed by atoms with Crippen molar-refractivity contribution in [3.63, 3.8) is 0 Å². The lowest BCUT2D eigenvalue weighted by Crippen LogP contribution is -2.06. The summed E-state index contributed by atoms with van der Waals surface area (Å²) in [6.07, 6.45) is -0.643. The lowest BCUT2D eigenvalue weighted by Gasteiger charge is -2.17. The van der Waals surface area contributed by atoms with Crippen LogP contribution in [0.5, 0.6) is 5.75 Å². The van der Waals surface area contributed by atoms with Gasteiger partial charge in [-0.3, -0.25) is 0 Å². The molecule has 5 heteroatoms. The molecule has 0 fully saturated rings. The summed E-state index contributed by atoms with van der Waals surface area (Å²) in [6.45, 7) is 0. The van der Waals surface area contributed by atoms with E-state index in [9.17, 15) is 9.50 Å². The van der Waals surface area contributed by atoms with Crippen LogP contribution in [0.2, 0.25) is 5.02 Å². The minimum absolute atomic E-state index is 0.235. The Labute approximate surface area is 130 Å². The third kappa shape index (κ3) is 3.32. The number of aliphatic hydroxyl groups is 1. The van der Waals surface area contributed by atoms with Gasteiger partial charge in [0.05, 0.1) is 18.2 Å². The number of halogens is 3. The second-order valence-corrected chi connectivity index (χ2v) is 5.57. The van der Waals surface area contributed by atoms with Crippen LogP contribution in [0.4, 0.5) is 4.39 Å². The van der Waals surface area contributed by atoms with E-state index in [0.717, 1.165) is 4.47 Å². The Hall–Kier alpha value is -1.10. The van der Waals surface area contributed by atoms with E-state index in [-0.39, 0.29) is 12.2 Å². The van der Waals surface area contributed by atoms with Gasteiger partial charge in [0.2, 0.25) is 0 Å². The lowest BCUT2D eigenvalue weighted by atomic mass is 10.0. The zero-order valence-electron chi connectivity index (χ0n) is 10.7. The Bertz CT molecular complexity index is 619. The average molecular weight is 360 g/mol. The maximum atomic E-state index is 13.3. The summed E-state index contributed by atoms with van der Waals surface area (Å²) in [5.41, 5.74) is 1.17. The number of benzene rings is 2. The molecule has 1 unspecified atom stereocenters.